The highest BCUT2D eigenvalue weighted by Crippen LogP contribution is 2.55. The van der Waals surface area contributed by atoms with E-state index in [-0.39, 0.29) is 22.4 Å². The van der Waals surface area contributed by atoms with Gasteiger partial charge in [-0.2, -0.15) is 0 Å². The van der Waals surface area contributed by atoms with Crippen LogP contribution in [0.5, 0.6) is 11.5 Å². The van der Waals surface area contributed by atoms with E-state index in [2.05, 4.69) is 61.3 Å². The Labute approximate surface area is 263 Å². The quantitative estimate of drug-likeness (QED) is 0.201. The summed E-state index contributed by atoms with van der Waals surface area (Å²) >= 11 is 2.29. The molecule has 6 nitrogen and oxygen atoms in total. The number of hydrogen-bond acceptors (Lipinski definition) is 6. The fourth-order valence-corrected chi connectivity index (χ4v) is 7.58. The van der Waals surface area contributed by atoms with Gasteiger partial charge in [0.15, 0.2) is 23.1 Å². The first-order valence-corrected chi connectivity index (χ1v) is 15.9. The minimum atomic E-state index is -0.425. The van der Waals surface area contributed by atoms with Gasteiger partial charge in [-0.15, -0.1) is 0 Å². The highest BCUT2D eigenvalue weighted by atomic mass is 127. The van der Waals surface area contributed by atoms with Crippen LogP contribution in [0.25, 0.3) is 0 Å². The van der Waals surface area contributed by atoms with Crippen molar-refractivity contribution in [2.75, 3.05) is 27.4 Å². The number of nitrogens with zero attached hydrogens (tertiary/aromatic N) is 1. The maximum absolute atomic E-state index is 14.1. The van der Waals surface area contributed by atoms with E-state index in [1.165, 1.54) is 0 Å². The molecule has 3 aliphatic rings. The number of rotatable bonds is 9. The first-order chi connectivity index (χ1) is 19.9. The maximum atomic E-state index is 14.1. The van der Waals surface area contributed by atoms with Gasteiger partial charge in [-0.1, -0.05) is 58.0 Å². The molecule has 2 aromatic carbocycles. The summed E-state index contributed by atoms with van der Waals surface area (Å²) in [6.45, 7) is 10.4. The number of methoxy groups -OCH3 is 2. The van der Waals surface area contributed by atoms with Gasteiger partial charge in [0.2, 0.25) is 0 Å². The van der Waals surface area contributed by atoms with Crippen LogP contribution in [0.15, 0.2) is 65.0 Å². The van der Waals surface area contributed by atoms with Crippen molar-refractivity contribution in [3.63, 3.8) is 0 Å². The third-order valence-electron chi connectivity index (χ3n) is 8.56. The molecule has 42 heavy (non-hydrogen) atoms. The molecular formula is C35H42INO5. The van der Waals surface area contributed by atoms with E-state index in [0.717, 1.165) is 63.0 Å². The number of hydrogen-bond donors (Lipinski definition) is 0. The molecule has 0 spiro atoms. The van der Waals surface area contributed by atoms with Crippen molar-refractivity contribution in [1.82, 2.24) is 4.90 Å². The lowest BCUT2D eigenvalue weighted by Gasteiger charge is -2.49. The first kappa shape index (κ1) is 30.8. The Morgan fingerprint density at radius 1 is 0.881 bits per heavy atom. The number of carbonyl (C=O) groups excluding carboxylic acids is 2. The van der Waals surface area contributed by atoms with Crippen molar-refractivity contribution < 1.29 is 23.8 Å². The lowest BCUT2D eigenvalue weighted by Crippen LogP contribution is -2.44. The summed E-state index contributed by atoms with van der Waals surface area (Å²) in [6, 6.07) is 14.1. The van der Waals surface area contributed by atoms with Gasteiger partial charge in [-0.05, 0) is 75.9 Å². The van der Waals surface area contributed by atoms with Crippen molar-refractivity contribution in [3.05, 3.63) is 79.7 Å². The highest BCUT2D eigenvalue weighted by molar-refractivity contribution is 14.1. The zero-order chi connectivity index (χ0) is 30.2. The number of allylic oxidation sites excluding steroid dienone is 4. The molecule has 0 N–H and O–H groups in total. The summed E-state index contributed by atoms with van der Waals surface area (Å²) in [7, 11) is 3.35. The standard InChI is InChI=1S/C35H42INO5/c1-34(2)17-25-31(27(38)19-34)30(32-26(37(25)13-10-14-40-5)18-35(3,4)20-28(32)39)23-15-24(36)33(29(16-23)41-6)42-21-22-11-8-7-9-12-22/h7-9,11-12,15-16,30H,10,13-14,17-21H2,1-6H3. The third kappa shape index (κ3) is 6.18. The second kappa shape index (κ2) is 12.2. The molecule has 224 valence electrons. The highest BCUT2D eigenvalue weighted by Gasteiger charge is 2.49. The number of halogens is 1. The SMILES string of the molecule is COCCCN1C2=C(C(=O)CC(C)(C)C2)C(c2cc(I)c(OCc3ccccc3)c(OC)c2)C2=C1CC(C)(C)CC2=O. The minimum absolute atomic E-state index is 0.130. The molecule has 0 unspecified atom stereocenters. The van der Waals surface area contributed by atoms with E-state index >= 15 is 0 Å². The molecule has 0 atom stereocenters. The van der Waals surface area contributed by atoms with Gasteiger partial charge in [0.1, 0.15) is 6.61 Å². The van der Waals surface area contributed by atoms with Gasteiger partial charge in [-0.25, -0.2) is 0 Å². The Morgan fingerprint density at radius 2 is 1.48 bits per heavy atom. The number of benzene rings is 2. The van der Waals surface area contributed by atoms with Crippen LogP contribution in [0.3, 0.4) is 0 Å². The molecular weight excluding hydrogens is 641 g/mol. The van der Waals surface area contributed by atoms with Crippen LogP contribution in [0, 0.1) is 14.4 Å². The van der Waals surface area contributed by atoms with Crippen molar-refractivity contribution in [2.24, 2.45) is 10.8 Å². The Bertz CT molecular complexity index is 1380. The average Bonchev–Trinajstić information content (AvgIpc) is 2.91. The van der Waals surface area contributed by atoms with E-state index in [0.29, 0.717) is 37.6 Å². The van der Waals surface area contributed by atoms with Gasteiger partial charge >= 0.3 is 0 Å². The van der Waals surface area contributed by atoms with Gasteiger partial charge in [0.25, 0.3) is 0 Å². The molecule has 1 heterocycles. The smallest absolute Gasteiger partial charge is 0.174 e. The maximum Gasteiger partial charge on any atom is 0.174 e. The lowest BCUT2D eigenvalue weighted by atomic mass is 9.63. The van der Waals surface area contributed by atoms with Gasteiger partial charge < -0.3 is 19.1 Å². The summed E-state index contributed by atoms with van der Waals surface area (Å²) in [5, 5.41) is 0. The van der Waals surface area contributed by atoms with Crippen LogP contribution in [0.2, 0.25) is 0 Å². The fraction of sp³-hybridized carbons (Fsp3) is 0.486. The van der Waals surface area contributed by atoms with E-state index in [4.69, 9.17) is 14.2 Å². The third-order valence-corrected chi connectivity index (χ3v) is 9.36. The predicted molar refractivity (Wildman–Crippen MR) is 173 cm³/mol. The normalized spacial score (nSPS) is 20.0. The van der Waals surface area contributed by atoms with Gasteiger partial charge in [0, 0.05) is 61.6 Å². The number of Topliss-reactive ketones (excluding diaryl/α,β-unsaturated/α-hetero) is 2. The second-order valence-corrected chi connectivity index (χ2v) is 14.5. The Balaban J connectivity index is 1.65. The topological polar surface area (TPSA) is 65.1 Å². The number of ketones is 2. The molecule has 5 rings (SSSR count). The summed E-state index contributed by atoms with van der Waals surface area (Å²) in [5.41, 5.74) is 5.33. The summed E-state index contributed by atoms with van der Waals surface area (Å²) in [6.07, 6.45) is 3.31. The molecule has 0 saturated heterocycles. The number of ether oxygens (including phenoxy) is 3. The molecule has 1 aliphatic heterocycles. The molecule has 0 radical (unpaired) electrons. The average molecular weight is 684 g/mol. The van der Waals surface area contributed by atoms with Crippen LogP contribution in [-0.4, -0.2) is 43.8 Å². The number of carbonyl (C=O) groups is 2. The Morgan fingerprint density at radius 3 is 2.02 bits per heavy atom. The summed E-state index contributed by atoms with van der Waals surface area (Å²) < 4.78 is 18.4. The zero-order valence-electron chi connectivity index (χ0n) is 25.6. The second-order valence-electron chi connectivity index (χ2n) is 13.3. The molecule has 0 bridgehead atoms. The van der Waals surface area contributed by atoms with Crippen molar-refractivity contribution in [2.45, 2.75) is 72.3 Å². The summed E-state index contributed by atoms with van der Waals surface area (Å²) in [4.78, 5) is 30.5. The Hall–Kier alpha value is -2.65. The molecule has 0 fully saturated rings. The first-order valence-electron chi connectivity index (χ1n) is 14.8. The minimum Gasteiger partial charge on any atom is -0.493 e. The van der Waals surface area contributed by atoms with E-state index < -0.39 is 5.92 Å². The van der Waals surface area contributed by atoms with Crippen molar-refractivity contribution in [1.29, 1.82) is 0 Å². The van der Waals surface area contributed by atoms with Crippen LogP contribution in [0.1, 0.15) is 76.8 Å². The monoisotopic (exact) mass is 683 g/mol. The molecule has 7 heteroatoms. The lowest BCUT2D eigenvalue weighted by molar-refractivity contribution is -0.119. The zero-order valence-corrected chi connectivity index (χ0v) is 27.8. The van der Waals surface area contributed by atoms with Gasteiger partial charge in [0.05, 0.1) is 10.7 Å². The van der Waals surface area contributed by atoms with Crippen LogP contribution >= 0.6 is 22.6 Å². The Kier molecular flexibility index (Phi) is 8.91. The molecule has 0 amide bonds. The largest absolute Gasteiger partial charge is 0.493 e. The van der Waals surface area contributed by atoms with E-state index in [1.807, 2.05) is 36.4 Å². The van der Waals surface area contributed by atoms with Gasteiger partial charge in [-0.3, -0.25) is 9.59 Å². The molecule has 0 saturated carbocycles. The van der Waals surface area contributed by atoms with Crippen molar-refractivity contribution in [3.8, 4) is 11.5 Å². The van der Waals surface area contributed by atoms with E-state index in [1.54, 1.807) is 14.2 Å². The molecule has 2 aromatic rings. The van der Waals surface area contributed by atoms with Crippen LogP contribution in [0.4, 0.5) is 0 Å². The van der Waals surface area contributed by atoms with Crippen LogP contribution < -0.4 is 9.47 Å². The van der Waals surface area contributed by atoms with Crippen molar-refractivity contribution >= 4 is 34.2 Å². The molecule has 2 aliphatic carbocycles. The fourth-order valence-electron chi connectivity index (χ4n) is 6.79. The van der Waals surface area contributed by atoms with E-state index in [9.17, 15) is 9.59 Å². The summed E-state index contributed by atoms with van der Waals surface area (Å²) in [5.74, 6) is 1.10. The molecule has 0 aromatic heterocycles. The predicted octanol–water partition coefficient (Wildman–Crippen LogP) is 7.60. The van der Waals surface area contributed by atoms with Crippen LogP contribution in [-0.2, 0) is 20.9 Å².